The monoisotopic (exact) mass is 432 g/mol. The van der Waals surface area contributed by atoms with Gasteiger partial charge in [0.1, 0.15) is 16.7 Å². The summed E-state index contributed by atoms with van der Waals surface area (Å²) in [6, 6.07) is 6.83. The molecular formula is C19H16ClF3O4S. The summed E-state index contributed by atoms with van der Waals surface area (Å²) >= 11 is 5.84. The van der Waals surface area contributed by atoms with E-state index < -0.39 is 62.3 Å². The van der Waals surface area contributed by atoms with Gasteiger partial charge in [0, 0.05) is 5.02 Å². The number of aliphatic hydroxyl groups is 1. The van der Waals surface area contributed by atoms with Crippen molar-refractivity contribution in [1.29, 1.82) is 0 Å². The van der Waals surface area contributed by atoms with Gasteiger partial charge in [-0.1, -0.05) is 11.6 Å². The van der Waals surface area contributed by atoms with Gasteiger partial charge in [-0.05, 0) is 49.2 Å². The van der Waals surface area contributed by atoms with Crippen LogP contribution in [-0.2, 0) is 14.6 Å². The minimum Gasteiger partial charge on any atom is -0.490 e. The summed E-state index contributed by atoms with van der Waals surface area (Å²) in [5.74, 6) is -3.86. The lowest BCUT2D eigenvalue weighted by Crippen LogP contribution is -2.58. The summed E-state index contributed by atoms with van der Waals surface area (Å²) in [5, 5.41) is 10.3. The number of halogens is 4. The lowest BCUT2D eigenvalue weighted by molar-refractivity contribution is -0.0381. The van der Waals surface area contributed by atoms with Gasteiger partial charge >= 0.3 is 0 Å². The van der Waals surface area contributed by atoms with Crippen LogP contribution in [0.15, 0.2) is 41.3 Å². The molecule has 0 aromatic heterocycles. The van der Waals surface area contributed by atoms with Crippen LogP contribution in [0, 0.1) is 17.6 Å². The lowest BCUT2D eigenvalue weighted by atomic mass is 9.71. The van der Waals surface area contributed by atoms with Crippen LogP contribution in [0.5, 0.6) is 5.75 Å². The van der Waals surface area contributed by atoms with E-state index in [0.717, 1.165) is 12.1 Å². The molecule has 0 radical (unpaired) electrons. The van der Waals surface area contributed by atoms with E-state index in [9.17, 15) is 26.7 Å². The molecule has 9 heteroatoms. The van der Waals surface area contributed by atoms with E-state index in [1.807, 2.05) is 0 Å². The molecule has 1 fully saturated rings. The summed E-state index contributed by atoms with van der Waals surface area (Å²) in [4.78, 5) is -0.193. The van der Waals surface area contributed by atoms with Crippen molar-refractivity contribution in [3.63, 3.8) is 0 Å². The summed E-state index contributed by atoms with van der Waals surface area (Å²) in [6.07, 6.45) is -3.90. The molecule has 0 amide bonds. The molecule has 1 N–H and O–H groups in total. The molecule has 0 bridgehead atoms. The topological polar surface area (TPSA) is 63.6 Å². The molecule has 2 aromatic carbocycles. The zero-order valence-electron chi connectivity index (χ0n) is 14.4. The maximum Gasteiger partial charge on any atom is 0.188 e. The van der Waals surface area contributed by atoms with Crippen LogP contribution < -0.4 is 4.74 Å². The van der Waals surface area contributed by atoms with Crippen LogP contribution in [0.2, 0.25) is 5.02 Å². The first-order chi connectivity index (χ1) is 13.2. The smallest absolute Gasteiger partial charge is 0.188 e. The third-order valence-corrected chi connectivity index (χ3v) is 8.47. The first-order valence-corrected chi connectivity index (χ1v) is 10.5. The highest BCUT2D eigenvalue weighted by molar-refractivity contribution is 7.92. The largest absolute Gasteiger partial charge is 0.490 e. The van der Waals surface area contributed by atoms with Crippen LogP contribution in [0.3, 0.4) is 0 Å². The molecule has 0 saturated heterocycles. The van der Waals surface area contributed by atoms with Gasteiger partial charge in [0.05, 0.1) is 29.1 Å². The number of benzene rings is 2. The second kappa shape index (κ2) is 6.64. The third kappa shape index (κ3) is 2.58. The molecule has 2 aromatic rings. The molecule has 28 heavy (non-hydrogen) atoms. The molecule has 1 saturated carbocycles. The number of alkyl halides is 1. The second-order valence-corrected chi connectivity index (χ2v) is 9.69. The van der Waals surface area contributed by atoms with E-state index in [1.54, 1.807) is 0 Å². The average molecular weight is 433 g/mol. The highest BCUT2D eigenvalue weighted by atomic mass is 35.5. The Morgan fingerprint density at radius 2 is 1.75 bits per heavy atom. The Kier molecular flexibility index (Phi) is 4.63. The van der Waals surface area contributed by atoms with Gasteiger partial charge in [-0.3, -0.25) is 0 Å². The first-order valence-electron chi connectivity index (χ1n) is 8.64. The van der Waals surface area contributed by atoms with Gasteiger partial charge in [-0.2, -0.15) is 0 Å². The van der Waals surface area contributed by atoms with Crippen molar-refractivity contribution in [2.24, 2.45) is 5.92 Å². The Bertz CT molecular complexity index is 1030. The van der Waals surface area contributed by atoms with Crippen LogP contribution in [0.1, 0.15) is 18.4 Å². The molecule has 1 unspecified atom stereocenters. The van der Waals surface area contributed by atoms with Gasteiger partial charge in [0.2, 0.25) is 0 Å². The van der Waals surface area contributed by atoms with Gasteiger partial charge < -0.3 is 9.84 Å². The Morgan fingerprint density at radius 1 is 1.11 bits per heavy atom. The fourth-order valence-corrected chi connectivity index (χ4v) is 6.79. The first kappa shape index (κ1) is 19.5. The summed E-state index contributed by atoms with van der Waals surface area (Å²) < 4.78 is 74.7. The molecule has 2 aliphatic rings. The van der Waals surface area contributed by atoms with Crippen LogP contribution >= 0.6 is 11.6 Å². The Balaban J connectivity index is 2.04. The standard InChI is InChI=1S/C19H16ClF3O4S/c20-10-1-3-11(4-2-10)28(25,26)19-8-7-15(24)17(23)12(19)9-27-18-14(22)6-5-13(21)16(18)19/h1-6,12,15,17,24H,7-9H2/t12-,15?,17-,19-/m0/s1. The normalized spacial score (nSPS) is 29.5. The lowest BCUT2D eigenvalue weighted by Gasteiger charge is -2.49. The number of fused-ring (bicyclic) bond motifs is 3. The zero-order chi connectivity index (χ0) is 20.3. The summed E-state index contributed by atoms with van der Waals surface area (Å²) in [6.45, 7) is -0.502. The highest BCUT2D eigenvalue weighted by Gasteiger charge is 2.63. The number of ether oxygens (including phenoxy) is 1. The van der Waals surface area contributed by atoms with Crippen LogP contribution in [-0.4, -0.2) is 32.4 Å². The van der Waals surface area contributed by atoms with Gasteiger partial charge in [0.25, 0.3) is 0 Å². The van der Waals surface area contributed by atoms with Crippen molar-refractivity contribution in [3.05, 3.63) is 58.6 Å². The predicted octanol–water partition coefficient (Wildman–Crippen LogP) is 3.79. The van der Waals surface area contributed by atoms with Gasteiger partial charge in [0.15, 0.2) is 21.4 Å². The summed E-state index contributed by atoms with van der Waals surface area (Å²) in [7, 11) is -4.41. The number of hydrogen-bond acceptors (Lipinski definition) is 4. The quantitative estimate of drug-likeness (QED) is 0.784. The van der Waals surface area contributed by atoms with E-state index in [4.69, 9.17) is 16.3 Å². The maximum absolute atomic E-state index is 15.0. The molecule has 0 spiro atoms. The Hall–Kier alpha value is -1.77. The second-order valence-electron chi connectivity index (χ2n) is 7.05. The molecule has 4 nitrogen and oxygen atoms in total. The fraction of sp³-hybridized carbons (Fsp3) is 0.368. The maximum atomic E-state index is 15.0. The number of aliphatic hydroxyl groups excluding tert-OH is 1. The van der Waals surface area contributed by atoms with Gasteiger partial charge in [-0.15, -0.1) is 0 Å². The number of rotatable bonds is 2. The molecule has 1 aliphatic carbocycles. The fourth-order valence-electron chi connectivity index (χ4n) is 4.30. The minimum atomic E-state index is -4.41. The molecule has 1 heterocycles. The Labute approximate surface area is 164 Å². The van der Waals surface area contributed by atoms with Crippen molar-refractivity contribution < 1.29 is 31.4 Å². The molecule has 150 valence electrons. The van der Waals surface area contributed by atoms with Crippen molar-refractivity contribution in [2.75, 3.05) is 6.61 Å². The molecule has 4 rings (SSSR count). The van der Waals surface area contributed by atoms with Gasteiger partial charge in [-0.25, -0.2) is 21.6 Å². The number of sulfone groups is 1. The van der Waals surface area contributed by atoms with Crippen LogP contribution in [0.25, 0.3) is 0 Å². The average Bonchev–Trinajstić information content (AvgIpc) is 2.67. The summed E-state index contributed by atoms with van der Waals surface area (Å²) in [5.41, 5.74) is -0.520. The molecule has 4 atom stereocenters. The zero-order valence-corrected chi connectivity index (χ0v) is 16.0. The van der Waals surface area contributed by atoms with Crippen LogP contribution in [0.4, 0.5) is 13.2 Å². The van der Waals surface area contributed by atoms with Crippen molar-refractivity contribution in [3.8, 4) is 5.75 Å². The van der Waals surface area contributed by atoms with Crippen molar-refractivity contribution >= 4 is 21.4 Å². The molecular weight excluding hydrogens is 417 g/mol. The van der Waals surface area contributed by atoms with E-state index in [0.29, 0.717) is 5.02 Å². The number of hydrogen-bond donors (Lipinski definition) is 1. The van der Waals surface area contributed by atoms with Crippen molar-refractivity contribution in [2.45, 2.75) is 34.8 Å². The molecule has 1 aliphatic heterocycles. The van der Waals surface area contributed by atoms with Crippen molar-refractivity contribution in [1.82, 2.24) is 0 Å². The van der Waals surface area contributed by atoms with E-state index in [1.165, 1.54) is 24.3 Å². The predicted molar refractivity (Wildman–Crippen MR) is 95.8 cm³/mol. The highest BCUT2D eigenvalue weighted by Crippen LogP contribution is 2.57. The SMILES string of the molecule is O=S(=O)(c1ccc(Cl)cc1)[C@@]12CCC(O)[C@@H](F)[C@@H]1COc1c(F)ccc(F)c12. The van der Waals surface area contributed by atoms with E-state index in [-0.39, 0.29) is 17.7 Å². The van der Waals surface area contributed by atoms with E-state index >= 15 is 0 Å². The third-order valence-electron chi connectivity index (χ3n) is 5.66. The Morgan fingerprint density at radius 3 is 2.43 bits per heavy atom. The minimum absolute atomic E-state index is 0.193. The van der Waals surface area contributed by atoms with E-state index in [2.05, 4.69) is 0 Å².